The number of rotatable bonds is 5. The van der Waals surface area contributed by atoms with Crippen molar-refractivity contribution < 1.29 is 4.79 Å². The lowest BCUT2D eigenvalue weighted by Crippen LogP contribution is -2.41. The fourth-order valence-corrected chi connectivity index (χ4v) is 4.22. The maximum Gasteiger partial charge on any atom is 0.324 e. The summed E-state index contributed by atoms with van der Waals surface area (Å²) in [4.78, 5) is 14.6. The van der Waals surface area contributed by atoms with Gasteiger partial charge in [-0.2, -0.15) is 5.10 Å². The number of likely N-dealkylation sites (tertiary alicyclic amines) is 1. The summed E-state index contributed by atoms with van der Waals surface area (Å²) >= 11 is 1.48. The van der Waals surface area contributed by atoms with Crippen molar-refractivity contribution in [3.05, 3.63) is 23.0 Å². The molecule has 2 N–H and O–H groups in total. The third kappa shape index (κ3) is 3.58. The number of carbonyl (C=O) groups excluding carboxylic acids is 1. The van der Waals surface area contributed by atoms with Crippen LogP contribution in [0.25, 0.3) is 0 Å². The van der Waals surface area contributed by atoms with Crippen molar-refractivity contribution in [2.45, 2.75) is 57.9 Å². The van der Waals surface area contributed by atoms with Gasteiger partial charge in [0.1, 0.15) is 5.01 Å². The zero-order valence-electron chi connectivity index (χ0n) is 14.2. The van der Waals surface area contributed by atoms with E-state index in [1.54, 1.807) is 6.20 Å². The molecule has 2 aromatic rings. The van der Waals surface area contributed by atoms with E-state index >= 15 is 0 Å². The molecule has 24 heavy (non-hydrogen) atoms. The molecule has 1 aliphatic heterocycles. The van der Waals surface area contributed by atoms with Crippen molar-refractivity contribution in [3.8, 4) is 0 Å². The van der Waals surface area contributed by atoms with Crippen molar-refractivity contribution in [1.29, 1.82) is 0 Å². The Labute approximate surface area is 145 Å². The second kappa shape index (κ2) is 7.74. The molecule has 3 rings (SSSR count). The third-order valence-corrected chi connectivity index (χ3v) is 5.66. The van der Waals surface area contributed by atoms with E-state index in [-0.39, 0.29) is 12.1 Å². The van der Waals surface area contributed by atoms with Crippen LogP contribution in [-0.4, -0.2) is 37.9 Å². The van der Waals surface area contributed by atoms with Gasteiger partial charge in [0.25, 0.3) is 0 Å². The highest BCUT2D eigenvalue weighted by molar-refractivity contribution is 7.15. The zero-order chi connectivity index (χ0) is 16.9. The number of nitrogens with one attached hydrogen (secondary N) is 2. The number of carbonyl (C=O) groups is 1. The molecule has 3 heterocycles. The number of urea groups is 1. The summed E-state index contributed by atoms with van der Waals surface area (Å²) in [6.45, 7) is 5.05. The van der Waals surface area contributed by atoms with Gasteiger partial charge in [0.15, 0.2) is 0 Å². The molecule has 0 radical (unpaired) electrons. The number of amides is 2. The van der Waals surface area contributed by atoms with Crippen LogP contribution in [0.5, 0.6) is 0 Å². The van der Waals surface area contributed by atoms with E-state index in [4.69, 9.17) is 0 Å². The molecule has 0 bridgehead atoms. The molecule has 0 unspecified atom stereocenters. The molecule has 130 valence electrons. The van der Waals surface area contributed by atoms with E-state index in [2.05, 4.69) is 39.6 Å². The number of aromatic amines is 1. The van der Waals surface area contributed by atoms with Gasteiger partial charge in [0.05, 0.1) is 12.2 Å². The van der Waals surface area contributed by atoms with Gasteiger partial charge < -0.3 is 4.90 Å². The van der Waals surface area contributed by atoms with E-state index in [1.807, 2.05) is 11.1 Å². The predicted octanol–water partition coefficient (Wildman–Crippen LogP) is 3.92. The second-order valence-electron chi connectivity index (χ2n) is 6.13. The van der Waals surface area contributed by atoms with Gasteiger partial charge in [-0.25, -0.2) is 4.79 Å². The minimum absolute atomic E-state index is 0.0731. The highest BCUT2D eigenvalue weighted by Gasteiger charge is 2.29. The van der Waals surface area contributed by atoms with E-state index < -0.39 is 0 Å². The average Bonchev–Trinajstić information content (AvgIpc) is 3.28. The highest BCUT2D eigenvalue weighted by atomic mass is 32.1. The van der Waals surface area contributed by atoms with Gasteiger partial charge >= 0.3 is 6.03 Å². The summed E-state index contributed by atoms with van der Waals surface area (Å²) in [5.41, 5.74) is 1.06. The quantitative estimate of drug-likeness (QED) is 0.857. The molecule has 0 aromatic carbocycles. The van der Waals surface area contributed by atoms with Crippen LogP contribution in [-0.2, 0) is 0 Å². The topological polar surface area (TPSA) is 86.8 Å². The van der Waals surface area contributed by atoms with Crippen LogP contribution < -0.4 is 5.32 Å². The summed E-state index contributed by atoms with van der Waals surface area (Å²) in [5, 5.41) is 19.8. The summed E-state index contributed by atoms with van der Waals surface area (Å²) in [6.07, 6.45) is 8.84. The largest absolute Gasteiger partial charge is 0.324 e. The van der Waals surface area contributed by atoms with Gasteiger partial charge in [-0.1, -0.05) is 25.2 Å². The molecule has 1 saturated heterocycles. The molecule has 1 atom stereocenters. The highest BCUT2D eigenvalue weighted by Crippen LogP contribution is 2.32. The molecule has 7 nitrogen and oxygen atoms in total. The molecule has 0 aliphatic carbocycles. The van der Waals surface area contributed by atoms with Gasteiger partial charge in [-0.15, -0.1) is 10.2 Å². The van der Waals surface area contributed by atoms with Gasteiger partial charge in [-0.05, 0) is 32.1 Å². The summed E-state index contributed by atoms with van der Waals surface area (Å²) < 4.78 is 0. The van der Waals surface area contributed by atoms with Crippen LogP contribution in [0, 0.1) is 0 Å². The Morgan fingerprint density at radius 3 is 2.96 bits per heavy atom. The van der Waals surface area contributed by atoms with Crippen molar-refractivity contribution in [3.63, 3.8) is 0 Å². The lowest BCUT2D eigenvalue weighted by molar-refractivity contribution is 0.163. The number of piperidine rings is 1. The molecule has 0 saturated carbocycles. The smallest absolute Gasteiger partial charge is 0.317 e. The average molecular weight is 348 g/mol. The van der Waals surface area contributed by atoms with E-state index in [0.29, 0.717) is 11.0 Å². The van der Waals surface area contributed by atoms with Crippen LogP contribution in [0.4, 0.5) is 9.93 Å². The minimum Gasteiger partial charge on any atom is -0.317 e. The maximum absolute atomic E-state index is 12.7. The van der Waals surface area contributed by atoms with Gasteiger partial charge in [0, 0.05) is 24.2 Å². The zero-order valence-corrected chi connectivity index (χ0v) is 15.0. The van der Waals surface area contributed by atoms with Crippen LogP contribution >= 0.6 is 11.3 Å². The van der Waals surface area contributed by atoms with Gasteiger partial charge in [-0.3, -0.25) is 10.4 Å². The van der Waals surface area contributed by atoms with E-state index in [0.717, 1.165) is 49.2 Å². The summed E-state index contributed by atoms with van der Waals surface area (Å²) in [7, 11) is 0. The van der Waals surface area contributed by atoms with Crippen LogP contribution in [0.1, 0.15) is 68.5 Å². The number of aromatic nitrogens is 4. The van der Waals surface area contributed by atoms with Crippen LogP contribution in [0.3, 0.4) is 0 Å². The molecule has 1 aliphatic rings. The molecule has 2 amide bonds. The standard InChI is InChI=1S/C16H24N6OS/c1-3-11(4-2)14-20-21-15(24-14)19-16(23)22-8-6-5-7-13(22)12-9-17-18-10-12/h9-11,13H,3-8H2,1-2H3,(H,17,18)(H,19,21,23)/t13-/m1/s1. The van der Waals surface area contributed by atoms with Gasteiger partial charge in [0.2, 0.25) is 5.13 Å². The Morgan fingerprint density at radius 1 is 1.42 bits per heavy atom. The first-order chi connectivity index (χ1) is 11.7. The number of hydrogen-bond acceptors (Lipinski definition) is 5. The summed E-state index contributed by atoms with van der Waals surface area (Å²) in [5.74, 6) is 0.418. The molecule has 2 aromatic heterocycles. The molecule has 8 heteroatoms. The Balaban J connectivity index is 1.69. The SMILES string of the molecule is CCC(CC)c1nnc(NC(=O)N2CCCC[C@@H]2c2cn[nH]c2)s1. The fraction of sp³-hybridized carbons (Fsp3) is 0.625. The fourth-order valence-electron chi connectivity index (χ4n) is 3.22. The Hall–Kier alpha value is -1.96. The molecule has 1 fully saturated rings. The monoisotopic (exact) mass is 348 g/mol. The normalized spacial score (nSPS) is 18.1. The predicted molar refractivity (Wildman–Crippen MR) is 94.1 cm³/mol. The number of nitrogens with zero attached hydrogens (tertiary/aromatic N) is 4. The summed E-state index contributed by atoms with van der Waals surface area (Å²) in [6, 6.07) is -0.0305. The number of H-pyrrole nitrogens is 1. The Bertz CT molecular complexity index is 651. The molecular formula is C16H24N6OS. The first-order valence-corrected chi connectivity index (χ1v) is 9.44. The first kappa shape index (κ1) is 16.9. The Kier molecular flexibility index (Phi) is 5.44. The number of anilines is 1. The van der Waals surface area contributed by atoms with Crippen molar-refractivity contribution in [2.75, 3.05) is 11.9 Å². The molecule has 0 spiro atoms. The second-order valence-corrected chi connectivity index (χ2v) is 7.13. The molecular weight excluding hydrogens is 324 g/mol. The minimum atomic E-state index is -0.104. The lowest BCUT2D eigenvalue weighted by atomic mass is 9.98. The first-order valence-electron chi connectivity index (χ1n) is 8.62. The lowest BCUT2D eigenvalue weighted by Gasteiger charge is -2.34. The Morgan fingerprint density at radius 2 is 2.25 bits per heavy atom. The van der Waals surface area contributed by atoms with Crippen molar-refractivity contribution in [2.24, 2.45) is 0 Å². The van der Waals surface area contributed by atoms with Crippen LogP contribution in [0.15, 0.2) is 12.4 Å². The number of hydrogen-bond donors (Lipinski definition) is 2. The van der Waals surface area contributed by atoms with Crippen molar-refractivity contribution in [1.82, 2.24) is 25.3 Å². The maximum atomic E-state index is 12.7. The third-order valence-electron chi connectivity index (χ3n) is 4.66. The van der Waals surface area contributed by atoms with Crippen molar-refractivity contribution >= 4 is 22.5 Å². The van der Waals surface area contributed by atoms with E-state index in [1.165, 1.54) is 11.3 Å². The van der Waals surface area contributed by atoms with E-state index in [9.17, 15) is 4.79 Å². The van der Waals surface area contributed by atoms with Crippen LogP contribution in [0.2, 0.25) is 0 Å².